The highest BCUT2D eigenvalue weighted by Crippen LogP contribution is 2.29. The first-order valence-electron chi connectivity index (χ1n) is 10.2. The van der Waals surface area contributed by atoms with Crippen molar-refractivity contribution in [3.8, 4) is 22.6 Å². The molecular weight excluding hydrogens is 411 g/mol. The van der Waals surface area contributed by atoms with Crippen LogP contribution in [0.1, 0.15) is 12.5 Å². The van der Waals surface area contributed by atoms with Crippen molar-refractivity contribution < 1.29 is 13.9 Å². The molecule has 2 aromatic carbocycles. The fourth-order valence-corrected chi connectivity index (χ4v) is 3.17. The number of anilines is 1. The van der Waals surface area contributed by atoms with Crippen molar-refractivity contribution in [3.05, 3.63) is 78.2 Å². The third-order valence-electron chi connectivity index (χ3n) is 4.67. The monoisotopic (exact) mass is 432 g/mol. The van der Waals surface area contributed by atoms with Crippen LogP contribution in [0.5, 0.6) is 0 Å². The zero-order chi connectivity index (χ0) is 22.3. The van der Waals surface area contributed by atoms with Gasteiger partial charge in [-0.1, -0.05) is 35.5 Å². The predicted octanol–water partition coefficient (Wildman–Crippen LogP) is 4.20. The van der Waals surface area contributed by atoms with Gasteiger partial charge in [0.15, 0.2) is 0 Å². The van der Waals surface area contributed by atoms with Crippen molar-refractivity contribution in [2.45, 2.75) is 13.3 Å². The van der Waals surface area contributed by atoms with E-state index >= 15 is 0 Å². The summed E-state index contributed by atoms with van der Waals surface area (Å²) >= 11 is 0. The molecule has 0 amide bonds. The standard InChI is InChI=1S/C23H21FN6O2/c1-2-32-23(31)30-21(20(28-29-30)17-8-10-18(24)11-9-17)19-13-15-26-22(27-19)25-14-12-16-6-4-3-5-7-16/h3-11,13,15H,2,12,14H2,1H3,(H,25,26,27). The van der Waals surface area contributed by atoms with Crippen LogP contribution in [0.4, 0.5) is 15.1 Å². The van der Waals surface area contributed by atoms with E-state index in [2.05, 4.69) is 37.7 Å². The van der Waals surface area contributed by atoms with Gasteiger partial charge in [-0.2, -0.15) is 0 Å². The number of nitrogens with zero attached hydrogens (tertiary/aromatic N) is 5. The maximum absolute atomic E-state index is 13.4. The summed E-state index contributed by atoms with van der Waals surface area (Å²) in [6.45, 7) is 2.52. The fraction of sp³-hybridized carbons (Fsp3) is 0.174. The topological polar surface area (TPSA) is 94.8 Å². The molecule has 0 aliphatic rings. The normalized spacial score (nSPS) is 10.7. The summed E-state index contributed by atoms with van der Waals surface area (Å²) in [5.41, 5.74) is 2.93. The summed E-state index contributed by atoms with van der Waals surface area (Å²) in [4.78, 5) is 21.3. The highest BCUT2D eigenvalue weighted by Gasteiger charge is 2.23. The lowest BCUT2D eigenvalue weighted by Crippen LogP contribution is -2.17. The predicted molar refractivity (Wildman–Crippen MR) is 117 cm³/mol. The summed E-state index contributed by atoms with van der Waals surface area (Å²) in [6, 6.07) is 17.5. The zero-order valence-electron chi connectivity index (χ0n) is 17.4. The molecule has 0 aliphatic carbocycles. The van der Waals surface area contributed by atoms with Crippen LogP contribution in [0.25, 0.3) is 22.6 Å². The summed E-state index contributed by atoms with van der Waals surface area (Å²) in [6.07, 6.45) is 1.71. The van der Waals surface area contributed by atoms with Gasteiger partial charge in [0.1, 0.15) is 17.2 Å². The molecule has 0 saturated carbocycles. The van der Waals surface area contributed by atoms with Crippen LogP contribution >= 0.6 is 0 Å². The van der Waals surface area contributed by atoms with Crippen LogP contribution < -0.4 is 5.32 Å². The van der Waals surface area contributed by atoms with Crippen molar-refractivity contribution in [1.29, 1.82) is 0 Å². The van der Waals surface area contributed by atoms with E-state index < -0.39 is 6.09 Å². The Labute approximate surface area is 184 Å². The second kappa shape index (κ2) is 9.78. The molecule has 1 N–H and O–H groups in total. The molecule has 0 radical (unpaired) electrons. The molecular formula is C23H21FN6O2. The third kappa shape index (κ3) is 4.77. The molecule has 9 heteroatoms. The maximum atomic E-state index is 13.4. The highest BCUT2D eigenvalue weighted by atomic mass is 19.1. The first-order valence-corrected chi connectivity index (χ1v) is 10.2. The van der Waals surface area contributed by atoms with Crippen LogP contribution in [0.15, 0.2) is 66.9 Å². The molecule has 0 spiro atoms. The van der Waals surface area contributed by atoms with E-state index in [9.17, 15) is 9.18 Å². The van der Waals surface area contributed by atoms with Crippen LogP contribution in [-0.2, 0) is 11.2 Å². The SMILES string of the molecule is CCOC(=O)n1nnc(-c2ccc(F)cc2)c1-c1ccnc(NCCc2ccccc2)n1. The van der Waals surface area contributed by atoms with Gasteiger partial charge in [-0.15, -0.1) is 9.78 Å². The summed E-state index contributed by atoms with van der Waals surface area (Å²) in [5.74, 6) is 0.0279. The number of hydrogen-bond donors (Lipinski definition) is 1. The van der Waals surface area contributed by atoms with Gasteiger partial charge in [-0.3, -0.25) is 0 Å². The number of hydrogen-bond acceptors (Lipinski definition) is 7. The first-order chi connectivity index (χ1) is 15.7. The fourth-order valence-electron chi connectivity index (χ4n) is 3.17. The van der Waals surface area contributed by atoms with Gasteiger partial charge in [-0.05, 0) is 49.2 Å². The molecule has 0 saturated heterocycles. The van der Waals surface area contributed by atoms with E-state index in [1.165, 1.54) is 17.7 Å². The Bertz CT molecular complexity index is 1190. The minimum atomic E-state index is -0.680. The minimum absolute atomic E-state index is 0.181. The molecule has 0 fully saturated rings. The smallest absolute Gasteiger partial charge is 0.436 e. The average Bonchev–Trinajstić information content (AvgIpc) is 3.26. The van der Waals surface area contributed by atoms with Gasteiger partial charge < -0.3 is 10.1 Å². The van der Waals surface area contributed by atoms with Crippen LogP contribution in [-0.4, -0.2) is 44.2 Å². The number of carbonyl (C=O) groups is 1. The lowest BCUT2D eigenvalue weighted by molar-refractivity contribution is 0.150. The van der Waals surface area contributed by atoms with Crippen molar-refractivity contribution >= 4 is 12.0 Å². The van der Waals surface area contributed by atoms with E-state index in [0.717, 1.165) is 11.1 Å². The van der Waals surface area contributed by atoms with E-state index in [1.54, 1.807) is 31.3 Å². The molecule has 4 aromatic rings. The number of rotatable bonds is 7. The Kier molecular flexibility index (Phi) is 6.45. The van der Waals surface area contributed by atoms with Gasteiger partial charge in [0.2, 0.25) is 5.95 Å². The van der Waals surface area contributed by atoms with Crippen molar-refractivity contribution in [2.75, 3.05) is 18.5 Å². The lowest BCUT2D eigenvalue weighted by atomic mass is 10.1. The lowest BCUT2D eigenvalue weighted by Gasteiger charge is -2.09. The van der Waals surface area contributed by atoms with E-state index in [4.69, 9.17) is 4.74 Å². The van der Waals surface area contributed by atoms with Crippen LogP contribution in [0, 0.1) is 5.82 Å². The summed E-state index contributed by atoms with van der Waals surface area (Å²) in [7, 11) is 0. The Morgan fingerprint density at radius 2 is 1.88 bits per heavy atom. The molecule has 32 heavy (non-hydrogen) atoms. The molecule has 0 atom stereocenters. The van der Waals surface area contributed by atoms with Gasteiger partial charge >= 0.3 is 6.09 Å². The zero-order valence-corrected chi connectivity index (χ0v) is 17.4. The molecule has 0 aliphatic heterocycles. The Morgan fingerprint density at radius 3 is 2.62 bits per heavy atom. The highest BCUT2D eigenvalue weighted by molar-refractivity contribution is 5.84. The second-order valence-corrected chi connectivity index (χ2v) is 6.83. The number of nitrogens with one attached hydrogen (secondary N) is 1. The van der Waals surface area contributed by atoms with Crippen LogP contribution in [0.2, 0.25) is 0 Å². The van der Waals surface area contributed by atoms with Gasteiger partial charge in [0.25, 0.3) is 0 Å². The Balaban J connectivity index is 1.65. The molecule has 4 rings (SSSR count). The first kappa shape index (κ1) is 21.1. The van der Waals surface area contributed by atoms with E-state index in [1.807, 2.05) is 18.2 Å². The molecule has 2 heterocycles. The van der Waals surface area contributed by atoms with Crippen molar-refractivity contribution in [1.82, 2.24) is 25.0 Å². The molecule has 8 nitrogen and oxygen atoms in total. The maximum Gasteiger partial charge on any atom is 0.436 e. The van der Waals surface area contributed by atoms with Crippen molar-refractivity contribution in [2.24, 2.45) is 0 Å². The molecule has 2 aromatic heterocycles. The summed E-state index contributed by atoms with van der Waals surface area (Å²) in [5, 5.41) is 11.3. The largest absolute Gasteiger partial charge is 0.448 e. The Morgan fingerprint density at radius 1 is 1.09 bits per heavy atom. The van der Waals surface area contributed by atoms with Gasteiger partial charge in [-0.25, -0.2) is 19.2 Å². The average molecular weight is 432 g/mol. The van der Waals surface area contributed by atoms with Crippen molar-refractivity contribution in [3.63, 3.8) is 0 Å². The van der Waals surface area contributed by atoms with Gasteiger partial charge in [0, 0.05) is 18.3 Å². The number of ether oxygens (including phenoxy) is 1. The molecule has 0 unspecified atom stereocenters. The Hall–Kier alpha value is -4.14. The van der Waals surface area contributed by atoms with E-state index in [0.29, 0.717) is 35.1 Å². The number of carbonyl (C=O) groups excluding carboxylic acids is 1. The minimum Gasteiger partial charge on any atom is -0.448 e. The second-order valence-electron chi connectivity index (χ2n) is 6.83. The number of benzene rings is 2. The quantitative estimate of drug-likeness (QED) is 0.468. The van der Waals surface area contributed by atoms with E-state index in [-0.39, 0.29) is 12.4 Å². The summed E-state index contributed by atoms with van der Waals surface area (Å²) < 4.78 is 19.6. The molecule has 162 valence electrons. The van der Waals surface area contributed by atoms with Crippen LogP contribution in [0.3, 0.4) is 0 Å². The third-order valence-corrected chi connectivity index (χ3v) is 4.67. The number of aromatic nitrogens is 5. The number of halogens is 1. The van der Waals surface area contributed by atoms with Gasteiger partial charge in [0.05, 0.1) is 12.3 Å². The molecule has 0 bridgehead atoms.